The standard InChI is InChI=1S/C31H44O7/c1-5-7-9-11-13-22(3)37-28-15-24(16-29(20-28)38-23(4)14-12-10-8-6-2)21-36-27-18-25(30(32)33)17-26(19-27)31(34)35/h15-20,22-23H,5-14,21H2,1-4H3,(H,32,33)(H,34,35). The molecule has 0 aliphatic carbocycles. The highest BCUT2D eigenvalue weighted by Crippen LogP contribution is 2.28. The number of carboxylic acids is 2. The Bertz CT molecular complexity index is 947. The Kier molecular flexibility index (Phi) is 13.5. The minimum atomic E-state index is -1.22. The molecule has 0 aromatic heterocycles. The van der Waals surface area contributed by atoms with Gasteiger partial charge in [0.15, 0.2) is 0 Å². The van der Waals surface area contributed by atoms with E-state index in [0.29, 0.717) is 11.5 Å². The average molecular weight is 529 g/mol. The van der Waals surface area contributed by atoms with Gasteiger partial charge in [0, 0.05) is 6.07 Å². The fraction of sp³-hybridized carbons (Fsp3) is 0.548. The molecule has 7 nitrogen and oxygen atoms in total. The molecule has 2 aromatic carbocycles. The van der Waals surface area contributed by atoms with E-state index >= 15 is 0 Å². The van der Waals surface area contributed by atoms with E-state index in [1.54, 1.807) is 0 Å². The molecule has 2 unspecified atom stereocenters. The van der Waals surface area contributed by atoms with Crippen LogP contribution in [0.15, 0.2) is 36.4 Å². The molecule has 0 aliphatic rings. The van der Waals surface area contributed by atoms with Crippen molar-refractivity contribution in [2.24, 2.45) is 0 Å². The molecule has 2 atom stereocenters. The molecule has 0 bridgehead atoms. The number of hydrogen-bond donors (Lipinski definition) is 2. The number of aromatic carboxylic acids is 2. The smallest absolute Gasteiger partial charge is 0.335 e. The maximum atomic E-state index is 11.4. The predicted octanol–water partition coefficient (Wildman–Crippen LogP) is 8.14. The van der Waals surface area contributed by atoms with Crippen LogP contribution in [0.4, 0.5) is 0 Å². The van der Waals surface area contributed by atoms with E-state index < -0.39 is 11.9 Å². The molecule has 38 heavy (non-hydrogen) atoms. The van der Waals surface area contributed by atoms with Crippen molar-refractivity contribution in [2.75, 3.05) is 0 Å². The molecular formula is C31H44O7. The molecule has 0 aliphatic heterocycles. The van der Waals surface area contributed by atoms with E-state index in [4.69, 9.17) is 14.2 Å². The Hall–Kier alpha value is -3.22. The summed E-state index contributed by atoms with van der Waals surface area (Å²) in [5.74, 6) is -0.889. The molecule has 0 amide bonds. The maximum Gasteiger partial charge on any atom is 0.335 e. The van der Waals surface area contributed by atoms with Gasteiger partial charge in [0.1, 0.15) is 23.9 Å². The molecule has 0 heterocycles. The highest BCUT2D eigenvalue weighted by Gasteiger charge is 2.14. The van der Waals surface area contributed by atoms with Crippen LogP contribution in [0.1, 0.15) is 118 Å². The van der Waals surface area contributed by atoms with Crippen LogP contribution in [0.2, 0.25) is 0 Å². The Morgan fingerprint density at radius 3 is 1.55 bits per heavy atom. The predicted molar refractivity (Wildman–Crippen MR) is 149 cm³/mol. The second-order valence-electron chi connectivity index (χ2n) is 10.0. The van der Waals surface area contributed by atoms with E-state index in [1.165, 1.54) is 50.7 Å². The number of benzene rings is 2. The molecule has 0 spiro atoms. The quantitative estimate of drug-likeness (QED) is 0.177. The third-order valence-corrected chi connectivity index (χ3v) is 6.35. The molecule has 0 saturated carbocycles. The summed E-state index contributed by atoms with van der Waals surface area (Å²) < 4.78 is 18.3. The van der Waals surface area contributed by atoms with Crippen LogP contribution in [0.5, 0.6) is 17.2 Å². The monoisotopic (exact) mass is 528 g/mol. The largest absolute Gasteiger partial charge is 0.491 e. The lowest BCUT2D eigenvalue weighted by atomic mass is 10.1. The van der Waals surface area contributed by atoms with E-state index in [9.17, 15) is 19.8 Å². The van der Waals surface area contributed by atoms with Crippen LogP contribution in [0, 0.1) is 0 Å². The molecule has 0 radical (unpaired) electrons. The zero-order valence-corrected chi connectivity index (χ0v) is 23.3. The van der Waals surface area contributed by atoms with Crippen molar-refractivity contribution in [1.29, 1.82) is 0 Å². The van der Waals surface area contributed by atoms with Crippen LogP contribution in [-0.2, 0) is 6.61 Å². The summed E-state index contributed by atoms with van der Waals surface area (Å²) in [7, 11) is 0. The minimum Gasteiger partial charge on any atom is -0.491 e. The maximum absolute atomic E-state index is 11.4. The summed E-state index contributed by atoms with van der Waals surface area (Å²) in [6, 6.07) is 9.44. The van der Waals surface area contributed by atoms with Crippen LogP contribution < -0.4 is 14.2 Å². The van der Waals surface area contributed by atoms with Gasteiger partial charge in [0.2, 0.25) is 0 Å². The first-order chi connectivity index (χ1) is 18.2. The zero-order valence-electron chi connectivity index (χ0n) is 23.3. The molecule has 0 saturated heterocycles. The van der Waals surface area contributed by atoms with Crippen LogP contribution in [0.3, 0.4) is 0 Å². The first-order valence-corrected chi connectivity index (χ1v) is 13.9. The molecule has 7 heteroatoms. The van der Waals surface area contributed by atoms with Crippen molar-refractivity contribution >= 4 is 11.9 Å². The van der Waals surface area contributed by atoms with Gasteiger partial charge in [-0.15, -0.1) is 0 Å². The van der Waals surface area contributed by atoms with E-state index in [-0.39, 0.29) is 35.7 Å². The van der Waals surface area contributed by atoms with Crippen molar-refractivity contribution in [3.63, 3.8) is 0 Å². The van der Waals surface area contributed by atoms with Crippen molar-refractivity contribution in [2.45, 2.75) is 111 Å². The molecule has 2 N–H and O–H groups in total. The van der Waals surface area contributed by atoms with Crippen molar-refractivity contribution < 1.29 is 34.0 Å². The van der Waals surface area contributed by atoms with Gasteiger partial charge in [0.05, 0.1) is 23.3 Å². The Morgan fingerprint density at radius 1 is 0.658 bits per heavy atom. The second kappa shape index (κ2) is 16.6. The van der Waals surface area contributed by atoms with Gasteiger partial charge in [-0.1, -0.05) is 52.4 Å². The summed E-state index contributed by atoms with van der Waals surface area (Å²) in [4.78, 5) is 22.9. The molecule has 2 aromatic rings. The minimum absolute atomic E-state index is 0.0488. The number of carboxylic acid groups (broad SMARTS) is 2. The van der Waals surface area contributed by atoms with Gasteiger partial charge < -0.3 is 24.4 Å². The third-order valence-electron chi connectivity index (χ3n) is 6.35. The van der Waals surface area contributed by atoms with Gasteiger partial charge in [-0.3, -0.25) is 0 Å². The fourth-order valence-electron chi connectivity index (χ4n) is 4.25. The highest BCUT2D eigenvalue weighted by molar-refractivity contribution is 5.94. The lowest BCUT2D eigenvalue weighted by Gasteiger charge is -2.19. The summed E-state index contributed by atoms with van der Waals surface area (Å²) >= 11 is 0. The SMILES string of the molecule is CCCCCCC(C)Oc1cc(COc2cc(C(=O)O)cc(C(=O)O)c2)cc(OC(C)CCCCCC)c1. The lowest BCUT2D eigenvalue weighted by Crippen LogP contribution is -2.14. The fourth-order valence-corrected chi connectivity index (χ4v) is 4.25. The van der Waals surface area contributed by atoms with E-state index in [2.05, 4.69) is 27.7 Å². The van der Waals surface area contributed by atoms with Crippen LogP contribution >= 0.6 is 0 Å². The summed E-state index contributed by atoms with van der Waals surface area (Å²) in [5, 5.41) is 18.7. The number of rotatable bonds is 19. The second-order valence-corrected chi connectivity index (χ2v) is 10.0. The zero-order chi connectivity index (χ0) is 27.9. The molecular weight excluding hydrogens is 484 g/mol. The highest BCUT2D eigenvalue weighted by atomic mass is 16.5. The van der Waals surface area contributed by atoms with Crippen LogP contribution in [-0.4, -0.2) is 34.4 Å². The van der Waals surface area contributed by atoms with Gasteiger partial charge >= 0.3 is 11.9 Å². The van der Waals surface area contributed by atoms with Crippen molar-refractivity contribution in [1.82, 2.24) is 0 Å². The average Bonchev–Trinajstić information content (AvgIpc) is 2.87. The lowest BCUT2D eigenvalue weighted by molar-refractivity contribution is 0.0696. The topological polar surface area (TPSA) is 102 Å². The number of carbonyl (C=O) groups is 2. The van der Waals surface area contributed by atoms with Crippen molar-refractivity contribution in [3.8, 4) is 17.2 Å². The number of unbranched alkanes of at least 4 members (excludes halogenated alkanes) is 6. The van der Waals surface area contributed by atoms with Gasteiger partial charge in [-0.2, -0.15) is 0 Å². The first kappa shape index (κ1) is 31.0. The number of hydrogen-bond acceptors (Lipinski definition) is 5. The third kappa shape index (κ3) is 11.4. The molecule has 0 fully saturated rings. The number of ether oxygens (including phenoxy) is 3. The van der Waals surface area contributed by atoms with Gasteiger partial charge in [-0.05, 0) is 75.4 Å². The molecule has 210 valence electrons. The van der Waals surface area contributed by atoms with Crippen molar-refractivity contribution in [3.05, 3.63) is 53.1 Å². The normalized spacial score (nSPS) is 12.5. The summed E-state index contributed by atoms with van der Waals surface area (Å²) in [6.07, 6.45) is 11.5. The van der Waals surface area contributed by atoms with Gasteiger partial charge in [-0.25, -0.2) is 9.59 Å². The Balaban J connectivity index is 2.18. The van der Waals surface area contributed by atoms with Gasteiger partial charge in [0.25, 0.3) is 0 Å². The van der Waals surface area contributed by atoms with Crippen LogP contribution in [0.25, 0.3) is 0 Å². The summed E-state index contributed by atoms with van der Waals surface area (Å²) in [6.45, 7) is 8.62. The summed E-state index contributed by atoms with van der Waals surface area (Å²) in [5.41, 5.74) is 0.496. The van der Waals surface area contributed by atoms with E-state index in [0.717, 1.165) is 37.3 Å². The molecule has 2 rings (SSSR count). The van der Waals surface area contributed by atoms with E-state index in [1.807, 2.05) is 18.2 Å². The Labute approximate surface area is 227 Å². The Morgan fingerprint density at radius 2 is 1.13 bits per heavy atom. The first-order valence-electron chi connectivity index (χ1n) is 13.9.